The first kappa shape index (κ1) is 31.9. The maximum Gasteiger partial charge on any atom is 0.0334 e. The second-order valence-corrected chi connectivity index (χ2v) is 17.1. The smallest absolute Gasteiger partial charge is 0.0334 e. The van der Waals surface area contributed by atoms with Gasteiger partial charge in [-0.25, -0.2) is 12.1 Å². The predicted molar refractivity (Wildman–Crippen MR) is 193 cm³/mol. The van der Waals surface area contributed by atoms with Crippen LogP contribution in [0.3, 0.4) is 0 Å². The molecule has 3 heteroatoms. The maximum atomic E-state index is 2.33. The van der Waals surface area contributed by atoms with E-state index in [1.165, 1.54) is 60.3 Å². The van der Waals surface area contributed by atoms with E-state index < -0.39 is 0 Å². The van der Waals surface area contributed by atoms with Crippen molar-refractivity contribution in [3.8, 4) is 0 Å². The summed E-state index contributed by atoms with van der Waals surface area (Å²) in [6.45, 7) is 0. The molecule has 2 atom stereocenters. The Hall–Kier alpha value is -3.04. The van der Waals surface area contributed by atoms with E-state index in [2.05, 4.69) is 170 Å². The Bertz CT molecular complexity index is 1490. The summed E-state index contributed by atoms with van der Waals surface area (Å²) >= 11 is 0. The zero-order valence-electron chi connectivity index (χ0n) is 25.7. The van der Waals surface area contributed by atoms with Gasteiger partial charge in [0.25, 0.3) is 0 Å². The van der Waals surface area contributed by atoms with Gasteiger partial charge in [0.1, 0.15) is 0 Å². The minimum absolute atomic E-state index is 0. The van der Waals surface area contributed by atoms with Crippen molar-refractivity contribution in [3.63, 3.8) is 0 Å². The molecule has 2 fully saturated rings. The molecule has 0 N–H and O–H groups in total. The Morgan fingerprint density at radius 1 is 0.467 bits per heavy atom. The summed E-state index contributed by atoms with van der Waals surface area (Å²) in [5.74, 6) is 0. The first-order chi connectivity index (χ1) is 21.8. The second kappa shape index (κ2) is 14.6. The zero-order chi connectivity index (χ0) is 29.7. The van der Waals surface area contributed by atoms with E-state index in [-0.39, 0.29) is 43.2 Å². The summed E-state index contributed by atoms with van der Waals surface area (Å²) in [6, 6.07) is 62.8. The normalized spacial score (nSPS) is 19.6. The van der Waals surface area contributed by atoms with Crippen molar-refractivity contribution in [2.24, 2.45) is 0 Å². The average molecular weight is 663 g/mol. The van der Waals surface area contributed by atoms with Crippen molar-refractivity contribution in [2.45, 2.75) is 36.0 Å². The van der Waals surface area contributed by atoms with E-state index in [0.29, 0.717) is 0 Å². The summed E-state index contributed by atoms with van der Waals surface area (Å²) in [4.78, 5) is 0. The van der Waals surface area contributed by atoms with Crippen molar-refractivity contribution in [1.82, 2.24) is 0 Å². The fraction of sp³-hybridized carbons (Fsp3) is 0.190. The molecule has 0 saturated carbocycles. The molecule has 232 valence electrons. The van der Waals surface area contributed by atoms with Gasteiger partial charge in [-0.1, -0.05) is 134 Å². The van der Waals surface area contributed by atoms with Crippen molar-refractivity contribution >= 4 is 26.5 Å². The van der Waals surface area contributed by atoms with Crippen molar-refractivity contribution in [1.29, 1.82) is 0 Å². The monoisotopic (exact) mass is 662 g/mol. The van der Waals surface area contributed by atoms with Crippen LogP contribution >= 0.6 is 15.8 Å². The minimum Gasteiger partial charge on any atom is -0.747 e. The molecule has 0 radical (unpaired) electrons. The van der Waals surface area contributed by atoms with E-state index in [1.54, 1.807) is 10.6 Å². The molecule has 0 spiro atoms. The first-order valence-electron chi connectivity index (χ1n) is 16.0. The van der Waals surface area contributed by atoms with Gasteiger partial charge >= 0.3 is 0 Å². The minimum atomic E-state index is -0.203. The standard InChI is InChI=1S/2C21H20P.Fe/c2*1-3-10-18(11-4-1)21(19-12-5-2-6-13-19)16-9-17-22(21)20-14-7-8-15-20;/h2*1-8,10-15H,9,16-17H2;/q-5;-1;. The third kappa shape index (κ3) is 6.10. The van der Waals surface area contributed by atoms with Gasteiger partial charge in [-0.2, -0.15) is 12.1 Å². The Kier molecular flexibility index (Phi) is 10.3. The van der Waals surface area contributed by atoms with Gasteiger partial charge in [0.05, 0.1) is 0 Å². The molecule has 0 nitrogen and oxygen atoms in total. The SMILES string of the molecule is [Fe].c1ccc(C2(c3ccccc3)CCCP2[c-]2[cH-][cH-][cH-][cH-]2)cc1.c1ccc(C2(c3ccccc3)CCCP2[c-]2cccc2)cc1. The molecule has 0 aliphatic carbocycles. The fourth-order valence-corrected chi connectivity index (χ4v) is 14.7. The molecular formula is C42H40FeP2-6. The summed E-state index contributed by atoms with van der Waals surface area (Å²) in [5, 5.41) is 3.48. The molecule has 6 aromatic carbocycles. The van der Waals surface area contributed by atoms with E-state index in [4.69, 9.17) is 0 Å². The Labute approximate surface area is 282 Å². The molecule has 8 rings (SSSR count). The van der Waals surface area contributed by atoms with Crippen LogP contribution in [0, 0.1) is 0 Å². The zero-order valence-corrected chi connectivity index (χ0v) is 28.5. The molecule has 2 aliphatic rings. The topological polar surface area (TPSA) is 0 Å². The predicted octanol–water partition coefficient (Wildman–Crippen LogP) is 10.5. The fourth-order valence-electron chi connectivity index (χ4n) is 7.81. The third-order valence-corrected chi connectivity index (χ3v) is 16.4. The van der Waals surface area contributed by atoms with Crippen molar-refractivity contribution < 1.29 is 17.1 Å². The molecule has 0 amide bonds. The van der Waals surface area contributed by atoms with E-state index in [1.807, 2.05) is 0 Å². The van der Waals surface area contributed by atoms with E-state index in [0.717, 1.165) is 0 Å². The molecule has 0 bridgehead atoms. The molecule has 2 saturated heterocycles. The number of hydrogen-bond acceptors (Lipinski definition) is 0. The van der Waals surface area contributed by atoms with Crippen LogP contribution < -0.4 is 10.6 Å². The van der Waals surface area contributed by atoms with Crippen molar-refractivity contribution in [2.75, 3.05) is 12.3 Å². The summed E-state index contributed by atoms with van der Waals surface area (Å²) in [6.07, 6.45) is 7.84. The van der Waals surface area contributed by atoms with Crippen LogP contribution in [0.1, 0.15) is 47.9 Å². The molecule has 2 heterocycles. The molecule has 2 aliphatic heterocycles. The van der Waals surface area contributed by atoms with Gasteiger partial charge in [0.2, 0.25) is 0 Å². The molecular weight excluding hydrogens is 622 g/mol. The maximum absolute atomic E-state index is 2.33. The van der Waals surface area contributed by atoms with Crippen LogP contribution in [0.25, 0.3) is 0 Å². The van der Waals surface area contributed by atoms with Crippen LogP contribution in [0.4, 0.5) is 0 Å². The van der Waals surface area contributed by atoms with Gasteiger partial charge in [-0.3, -0.25) is 7.92 Å². The second-order valence-electron chi connectivity index (χ2n) is 12.0. The van der Waals surface area contributed by atoms with E-state index >= 15 is 0 Å². The van der Waals surface area contributed by atoms with Gasteiger partial charge in [-0.15, -0.1) is 13.2 Å². The quantitative estimate of drug-likeness (QED) is 0.0946. The van der Waals surface area contributed by atoms with E-state index in [9.17, 15) is 0 Å². The van der Waals surface area contributed by atoms with Crippen molar-refractivity contribution in [3.05, 3.63) is 192 Å². The largest absolute Gasteiger partial charge is 0.747 e. The molecule has 6 aromatic rings. The Balaban J connectivity index is 0.000000155. The molecule has 45 heavy (non-hydrogen) atoms. The third-order valence-electron chi connectivity index (χ3n) is 9.68. The molecule has 0 aromatic heterocycles. The number of benzene rings is 4. The number of hydrogen-bond donors (Lipinski definition) is 0. The summed E-state index contributed by atoms with van der Waals surface area (Å²) < 4.78 is 0. The van der Waals surface area contributed by atoms with Crippen LogP contribution in [0.15, 0.2) is 170 Å². The Morgan fingerprint density at radius 3 is 1.22 bits per heavy atom. The molecule has 2 unspecified atom stereocenters. The van der Waals surface area contributed by atoms with Gasteiger partial charge < -0.3 is 29.6 Å². The number of rotatable bonds is 6. The average Bonchev–Trinajstić information content (AvgIpc) is 3.93. The van der Waals surface area contributed by atoms with Gasteiger partial charge in [-0.05, 0) is 47.7 Å². The van der Waals surface area contributed by atoms with Crippen LogP contribution in [0.5, 0.6) is 0 Å². The van der Waals surface area contributed by atoms with Gasteiger partial charge in [0.15, 0.2) is 0 Å². The summed E-state index contributed by atoms with van der Waals surface area (Å²) in [5.41, 5.74) is 5.97. The summed E-state index contributed by atoms with van der Waals surface area (Å²) in [7, 11) is -0.407. The van der Waals surface area contributed by atoms with Gasteiger partial charge in [0, 0.05) is 27.4 Å². The van der Waals surface area contributed by atoms with Crippen LogP contribution in [0.2, 0.25) is 0 Å². The Morgan fingerprint density at radius 2 is 0.822 bits per heavy atom. The van der Waals surface area contributed by atoms with Crippen LogP contribution in [-0.2, 0) is 27.4 Å². The van der Waals surface area contributed by atoms with Crippen LogP contribution in [-0.4, -0.2) is 12.3 Å². The first-order valence-corrected chi connectivity index (χ1v) is 19.1.